The molecule has 6 heteroatoms. The second-order valence-corrected chi connectivity index (χ2v) is 4.75. The second-order valence-electron chi connectivity index (χ2n) is 4.75. The molecule has 0 N–H and O–H groups in total. The average Bonchev–Trinajstić information content (AvgIpc) is 2.53. The van der Waals surface area contributed by atoms with Gasteiger partial charge in [-0.1, -0.05) is 12.1 Å². The Hall–Kier alpha value is -2.89. The molecule has 0 fully saturated rings. The van der Waals surface area contributed by atoms with Crippen LogP contribution < -0.4 is 4.74 Å². The van der Waals surface area contributed by atoms with Crippen molar-refractivity contribution in [2.75, 3.05) is 0 Å². The molecule has 0 aliphatic carbocycles. The van der Waals surface area contributed by atoms with Crippen LogP contribution in [0.3, 0.4) is 0 Å². The minimum atomic E-state index is -4.69. The summed E-state index contributed by atoms with van der Waals surface area (Å²) < 4.78 is 40.1. The Balaban J connectivity index is 1.82. The smallest absolute Gasteiger partial charge is 0.406 e. The molecule has 116 valence electrons. The van der Waals surface area contributed by atoms with Crippen molar-refractivity contribution in [2.45, 2.75) is 6.36 Å². The van der Waals surface area contributed by atoms with E-state index in [-0.39, 0.29) is 5.75 Å². The third-order valence-electron chi connectivity index (χ3n) is 3.12. The van der Waals surface area contributed by atoms with E-state index in [1.807, 2.05) is 24.3 Å². The van der Waals surface area contributed by atoms with Gasteiger partial charge in [0.2, 0.25) is 0 Å². The fourth-order valence-corrected chi connectivity index (χ4v) is 2.12. The van der Waals surface area contributed by atoms with Crippen molar-refractivity contribution in [1.29, 1.82) is 0 Å². The average molecular weight is 316 g/mol. The maximum Gasteiger partial charge on any atom is 0.573 e. The quantitative estimate of drug-likeness (QED) is 0.645. The third kappa shape index (κ3) is 3.85. The van der Waals surface area contributed by atoms with Crippen molar-refractivity contribution >= 4 is 22.7 Å². The van der Waals surface area contributed by atoms with E-state index in [1.54, 1.807) is 18.6 Å². The summed E-state index contributed by atoms with van der Waals surface area (Å²) in [7, 11) is 0. The molecule has 0 saturated heterocycles. The van der Waals surface area contributed by atoms with Crippen LogP contribution in [0.25, 0.3) is 10.8 Å². The molecular weight excluding hydrogens is 305 g/mol. The van der Waals surface area contributed by atoms with E-state index in [0.717, 1.165) is 16.5 Å². The van der Waals surface area contributed by atoms with E-state index >= 15 is 0 Å². The van der Waals surface area contributed by atoms with Gasteiger partial charge in [-0.15, -0.1) is 13.2 Å². The first-order chi connectivity index (χ1) is 11.0. The van der Waals surface area contributed by atoms with E-state index in [2.05, 4.69) is 14.7 Å². The molecule has 0 aliphatic rings. The Kier molecular flexibility index (Phi) is 3.97. The van der Waals surface area contributed by atoms with E-state index in [4.69, 9.17) is 0 Å². The minimum Gasteiger partial charge on any atom is -0.406 e. The van der Waals surface area contributed by atoms with Gasteiger partial charge in [-0.3, -0.25) is 9.98 Å². The monoisotopic (exact) mass is 316 g/mol. The number of benzene rings is 2. The van der Waals surface area contributed by atoms with Gasteiger partial charge in [0.15, 0.2) is 0 Å². The minimum absolute atomic E-state index is 0.258. The Bertz CT molecular complexity index is 837. The van der Waals surface area contributed by atoms with E-state index in [9.17, 15) is 13.2 Å². The SMILES string of the molecule is FC(F)(F)Oc1ccc(C=Nc2cccc3cnccc23)cc1. The van der Waals surface area contributed by atoms with Gasteiger partial charge in [0.05, 0.1) is 5.69 Å². The Morgan fingerprint density at radius 2 is 1.78 bits per heavy atom. The molecule has 3 rings (SSSR count). The van der Waals surface area contributed by atoms with Crippen LogP contribution in [0, 0.1) is 0 Å². The molecule has 3 aromatic rings. The first-order valence-electron chi connectivity index (χ1n) is 6.74. The Morgan fingerprint density at radius 1 is 1.00 bits per heavy atom. The van der Waals surface area contributed by atoms with Crippen molar-refractivity contribution in [3.63, 3.8) is 0 Å². The second kappa shape index (κ2) is 6.08. The molecule has 3 nitrogen and oxygen atoms in total. The van der Waals surface area contributed by atoms with E-state index < -0.39 is 6.36 Å². The third-order valence-corrected chi connectivity index (χ3v) is 3.12. The molecule has 0 radical (unpaired) electrons. The van der Waals surface area contributed by atoms with Crippen molar-refractivity contribution in [1.82, 2.24) is 4.98 Å². The lowest BCUT2D eigenvalue weighted by molar-refractivity contribution is -0.274. The van der Waals surface area contributed by atoms with E-state index in [1.165, 1.54) is 24.3 Å². The van der Waals surface area contributed by atoms with Crippen LogP contribution in [0.1, 0.15) is 5.56 Å². The summed E-state index contributed by atoms with van der Waals surface area (Å²) in [5, 5.41) is 1.92. The van der Waals surface area contributed by atoms with Gasteiger partial charge in [-0.2, -0.15) is 0 Å². The van der Waals surface area contributed by atoms with Crippen LogP contribution in [0.5, 0.6) is 5.75 Å². The predicted octanol–water partition coefficient (Wildman–Crippen LogP) is 4.88. The van der Waals surface area contributed by atoms with Crippen LogP contribution >= 0.6 is 0 Å². The number of hydrogen-bond acceptors (Lipinski definition) is 3. The highest BCUT2D eigenvalue weighted by molar-refractivity contribution is 5.94. The van der Waals surface area contributed by atoms with E-state index in [0.29, 0.717) is 5.56 Å². The van der Waals surface area contributed by atoms with Gasteiger partial charge in [-0.05, 0) is 42.0 Å². The van der Waals surface area contributed by atoms with Gasteiger partial charge < -0.3 is 4.74 Å². The molecule has 0 unspecified atom stereocenters. The van der Waals surface area contributed by atoms with Crippen molar-refractivity contribution < 1.29 is 17.9 Å². The summed E-state index contributed by atoms with van der Waals surface area (Å²) in [6, 6.07) is 13.1. The van der Waals surface area contributed by atoms with Crippen molar-refractivity contribution in [3.8, 4) is 5.75 Å². The number of pyridine rings is 1. The van der Waals surface area contributed by atoms with Crippen LogP contribution in [0.2, 0.25) is 0 Å². The van der Waals surface area contributed by atoms with Gasteiger partial charge in [-0.25, -0.2) is 0 Å². The lowest BCUT2D eigenvalue weighted by atomic mass is 10.1. The standard InChI is InChI=1S/C17H11F3N2O/c18-17(19,20)23-14-6-4-12(5-7-14)10-22-16-3-1-2-13-11-21-9-8-15(13)16/h1-11H. The number of aromatic nitrogens is 1. The molecule has 1 aromatic heterocycles. The van der Waals surface area contributed by atoms with Gasteiger partial charge >= 0.3 is 6.36 Å². The first kappa shape index (κ1) is 15.0. The van der Waals surface area contributed by atoms with Crippen LogP contribution in [-0.2, 0) is 0 Å². The fourth-order valence-electron chi connectivity index (χ4n) is 2.12. The number of aliphatic imine (C=N–C) groups is 1. The topological polar surface area (TPSA) is 34.5 Å². The summed E-state index contributed by atoms with van der Waals surface area (Å²) in [6.07, 6.45) is 0.335. The number of alkyl halides is 3. The zero-order valence-electron chi connectivity index (χ0n) is 11.8. The maximum atomic E-state index is 12.1. The fraction of sp³-hybridized carbons (Fsp3) is 0.0588. The molecule has 0 amide bonds. The molecular formula is C17H11F3N2O. The van der Waals surface area contributed by atoms with Gasteiger partial charge in [0, 0.05) is 29.4 Å². The number of halogens is 3. The molecule has 0 saturated carbocycles. The number of rotatable bonds is 3. The van der Waals surface area contributed by atoms with Crippen molar-refractivity contribution in [3.05, 3.63) is 66.5 Å². The largest absolute Gasteiger partial charge is 0.573 e. The summed E-state index contributed by atoms with van der Waals surface area (Å²) in [6.45, 7) is 0. The lowest BCUT2D eigenvalue weighted by Crippen LogP contribution is -2.16. The highest BCUT2D eigenvalue weighted by atomic mass is 19.4. The zero-order valence-corrected chi connectivity index (χ0v) is 11.8. The summed E-state index contributed by atoms with van der Waals surface area (Å²) >= 11 is 0. The zero-order chi connectivity index (χ0) is 16.3. The maximum absolute atomic E-state index is 12.1. The highest BCUT2D eigenvalue weighted by Crippen LogP contribution is 2.25. The first-order valence-corrected chi connectivity index (χ1v) is 6.74. The van der Waals surface area contributed by atoms with Crippen molar-refractivity contribution in [2.24, 2.45) is 4.99 Å². The summed E-state index contributed by atoms with van der Waals surface area (Å²) in [5.74, 6) is -0.258. The number of nitrogens with zero attached hydrogens (tertiary/aromatic N) is 2. The number of fused-ring (bicyclic) bond motifs is 1. The summed E-state index contributed by atoms with van der Waals surface area (Å²) in [4.78, 5) is 8.45. The predicted molar refractivity (Wildman–Crippen MR) is 82.1 cm³/mol. The molecule has 0 spiro atoms. The molecule has 2 aromatic carbocycles. The lowest BCUT2D eigenvalue weighted by Gasteiger charge is -2.08. The Labute approximate surface area is 130 Å². The molecule has 0 atom stereocenters. The highest BCUT2D eigenvalue weighted by Gasteiger charge is 2.30. The van der Waals surface area contributed by atoms with Crippen LogP contribution in [0.15, 0.2) is 65.9 Å². The molecule has 0 aliphatic heterocycles. The van der Waals surface area contributed by atoms with Gasteiger partial charge in [0.25, 0.3) is 0 Å². The molecule has 23 heavy (non-hydrogen) atoms. The number of hydrogen-bond donors (Lipinski definition) is 0. The molecule has 1 heterocycles. The van der Waals surface area contributed by atoms with Gasteiger partial charge in [0.1, 0.15) is 5.75 Å². The normalized spacial score (nSPS) is 12.0. The Morgan fingerprint density at radius 3 is 2.52 bits per heavy atom. The number of ether oxygens (including phenoxy) is 1. The van der Waals surface area contributed by atoms with Crippen LogP contribution in [0.4, 0.5) is 18.9 Å². The molecule has 0 bridgehead atoms. The van der Waals surface area contributed by atoms with Crippen LogP contribution in [-0.4, -0.2) is 17.6 Å². The summed E-state index contributed by atoms with van der Waals surface area (Å²) in [5.41, 5.74) is 1.44.